The summed E-state index contributed by atoms with van der Waals surface area (Å²) in [4.78, 5) is 16.0. The molecule has 6 rings (SSSR count). The first kappa shape index (κ1) is 18.9. The van der Waals surface area contributed by atoms with Crippen molar-refractivity contribution in [2.24, 2.45) is 0 Å². The van der Waals surface area contributed by atoms with Crippen molar-refractivity contribution in [2.75, 3.05) is 31.1 Å². The van der Waals surface area contributed by atoms with E-state index in [0.717, 1.165) is 44.6 Å². The van der Waals surface area contributed by atoms with Crippen molar-refractivity contribution in [2.45, 2.75) is 37.1 Å². The van der Waals surface area contributed by atoms with Crippen LogP contribution in [0.25, 0.3) is 10.8 Å². The maximum Gasteiger partial charge on any atom is 0.252 e. The number of fused-ring (bicyclic) bond motifs is 1. The second kappa shape index (κ2) is 7.38. The van der Waals surface area contributed by atoms with Crippen LogP contribution in [0.1, 0.15) is 53.1 Å². The fourth-order valence-corrected chi connectivity index (χ4v) is 5.13. The van der Waals surface area contributed by atoms with Gasteiger partial charge in [0.05, 0.1) is 5.54 Å². The van der Waals surface area contributed by atoms with Crippen molar-refractivity contribution >= 4 is 22.4 Å². The van der Waals surface area contributed by atoms with Crippen molar-refractivity contribution in [3.63, 3.8) is 0 Å². The molecule has 0 spiro atoms. The van der Waals surface area contributed by atoms with Gasteiger partial charge in [-0.05, 0) is 65.6 Å². The summed E-state index contributed by atoms with van der Waals surface area (Å²) in [6.07, 6.45) is 4.40. The van der Waals surface area contributed by atoms with Gasteiger partial charge < -0.3 is 15.5 Å². The fourth-order valence-electron chi connectivity index (χ4n) is 5.13. The van der Waals surface area contributed by atoms with E-state index < -0.39 is 0 Å². The molecule has 4 heteroatoms. The van der Waals surface area contributed by atoms with E-state index in [1.165, 1.54) is 40.4 Å². The Morgan fingerprint density at radius 3 is 2.52 bits per heavy atom. The SMILES string of the molecule is O=C(NC1(c2cccc3ccccc23)CC1)c1cc(N2CCNCC2)ccc1C1CC1. The first-order chi connectivity index (χ1) is 15.2. The molecule has 0 aromatic heterocycles. The van der Waals surface area contributed by atoms with Gasteiger partial charge >= 0.3 is 0 Å². The van der Waals surface area contributed by atoms with Gasteiger partial charge in [0.1, 0.15) is 0 Å². The molecule has 0 bridgehead atoms. The lowest BCUT2D eigenvalue weighted by atomic mass is 9.95. The molecule has 3 aliphatic rings. The summed E-state index contributed by atoms with van der Waals surface area (Å²) in [5.74, 6) is 0.634. The van der Waals surface area contributed by atoms with Crippen LogP contribution in [0.3, 0.4) is 0 Å². The highest BCUT2D eigenvalue weighted by Gasteiger charge is 2.47. The molecular weight excluding hydrogens is 382 g/mol. The third-order valence-corrected chi connectivity index (χ3v) is 7.19. The van der Waals surface area contributed by atoms with Gasteiger partial charge in [0.2, 0.25) is 0 Å². The second-order valence-electron chi connectivity index (χ2n) is 9.35. The third-order valence-electron chi connectivity index (χ3n) is 7.19. The van der Waals surface area contributed by atoms with Gasteiger partial charge in [0.15, 0.2) is 0 Å². The number of nitrogens with zero attached hydrogens (tertiary/aromatic N) is 1. The largest absolute Gasteiger partial charge is 0.369 e. The van der Waals surface area contributed by atoms with Crippen LogP contribution in [0.5, 0.6) is 0 Å². The van der Waals surface area contributed by atoms with Gasteiger partial charge in [-0.1, -0.05) is 48.5 Å². The lowest BCUT2D eigenvalue weighted by Gasteiger charge is -2.30. The monoisotopic (exact) mass is 411 g/mol. The van der Waals surface area contributed by atoms with Crippen LogP contribution in [-0.4, -0.2) is 32.1 Å². The van der Waals surface area contributed by atoms with Crippen LogP contribution >= 0.6 is 0 Å². The fraction of sp³-hybridized carbons (Fsp3) is 0.370. The Hall–Kier alpha value is -2.85. The zero-order valence-corrected chi connectivity index (χ0v) is 17.9. The quantitative estimate of drug-likeness (QED) is 0.648. The maximum absolute atomic E-state index is 13.7. The van der Waals surface area contributed by atoms with Gasteiger partial charge in [0, 0.05) is 37.4 Å². The van der Waals surface area contributed by atoms with Crippen LogP contribution in [0, 0.1) is 0 Å². The minimum atomic E-state index is -0.232. The van der Waals surface area contributed by atoms with E-state index in [1.807, 2.05) is 0 Å². The third kappa shape index (κ3) is 3.49. The van der Waals surface area contributed by atoms with E-state index in [1.54, 1.807) is 0 Å². The van der Waals surface area contributed by atoms with Crippen LogP contribution in [0.15, 0.2) is 60.7 Å². The number of hydrogen-bond donors (Lipinski definition) is 2. The van der Waals surface area contributed by atoms with Crippen molar-refractivity contribution < 1.29 is 4.79 Å². The van der Waals surface area contributed by atoms with Gasteiger partial charge in [0.25, 0.3) is 5.91 Å². The number of carbonyl (C=O) groups excluding carboxylic acids is 1. The van der Waals surface area contributed by atoms with Crippen LogP contribution in [0.2, 0.25) is 0 Å². The molecule has 31 heavy (non-hydrogen) atoms. The minimum absolute atomic E-state index is 0.0873. The molecule has 1 amide bonds. The highest BCUT2D eigenvalue weighted by Crippen LogP contribution is 2.49. The van der Waals surface area contributed by atoms with E-state index in [4.69, 9.17) is 0 Å². The molecule has 2 N–H and O–H groups in total. The molecule has 1 saturated heterocycles. The highest BCUT2D eigenvalue weighted by atomic mass is 16.1. The Morgan fingerprint density at radius 1 is 0.968 bits per heavy atom. The van der Waals surface area contributed by atoms with Crippen molar-refractivity contribution in [1.82, 2.24) is 10.6 Å². The van der Waals surface area contributed by atoms with Crippen molar-refractivity contribution in [1.29, 1.82) is 0 Å². The van der Waals surface area contributed by atoms with Gasteiger partial charge in [-0.15, -0.1) is 0 Å². The maximum atomic E-state index is 13.7. The Balaban J connectivity index is 1.33. The van der Waals surface area contributed by atoms with Gasteiger partial charge in [-0.2, -0.15) is 0 Å². The van der Waals surface area contributed by atoms with Crippen molar-refractivity contribution in [3.05, 3.63) is 77.4 Å². The topological polar surface area (TPSA) is 44.4 Å². The number of rotatable bonds is 5. The highest BCUT2D eigenvalue weighted by molar-refractivity contribution is 5.98. The number of anilines is 1. The molecular formula is C27H29N3O. The molecule has 0 unspecified atom stereocenters. The Bertz CT molecular complexity index is 1130. The molecule has 2 saturated carbocycles. The molecule has 0 radical (unpaired) electrons. The zero-order valence-electron chi connectivity index (χ0n) is 17.9. The van der Waals surface area contributed by atoms with Gasteiger partial charge in [-0.25, -0.2) is 0 Å². The van der Waals surface area contributed by atoms with Crippen LogP contribution in [-0.2, 0) is 5.54 Å². The molecule has 1 heterocycles. The molecule has 2 aliphatic carbocycles. The van der Waals surface area contributed by atoms with E-state index >= 15 is 0 Å². The normalized spacial score (nSPS) is 19.9. The Morgan fingerprint density at radius 2 is 1.74 bits per heavy atom. The van der Waals surface area contributed by atoms with E-state index in [2.05, 4.69) is 76.2 Å². The zero-order chi connectivity index (χ0) is 20.8. The summed E-state index contributed by atoms with van der Waals surface area (Å²) >= 11 is 0. The van der Waals surface area contributed by atoms with E-state index in [0.29, 0.717) is 5.92 Å². The van der Waals surface area contributed by atoms with E-state index in [9.17, 15) is 4.79 Å². The average molecular weight is 412 g/mol. The predicted octanol–water partition coefficient (Wildman–Crippen LogP) is 4.55. The number of carbonyl (C=O) groups is 1. The van der Waals surface area contributed by atoms with Gasteiger partial charge in [-0.3, -0.25) is 4.79 Å². The number of nitrogens with one attached hydrogen (secondary N) is 2. The summed E-state index contributed by atoms with van der Waals surface area (Å²) in [7, 11) is 0. The second-order valence-corrected chi connectivity index (χ2v) is 9.35. The Kier molecular flexibility index (Phi) is 4.50. The van der Waals surface area contributed by atoms with E-state index in [-0.39, 0.29) is 11.4 Å². The van der Waals surface area contributed by atoms with Crippen LogP contribution < -0.4 is 15.5 Å². The van der Waals surface area contributed by atoms with Crippen LogP contribution in [0.4, 0.5) is 5.69 Å². The molecule has 158 valence electrons. The average Bonchev–Trinajstić information content (AvgIpc) is 3.75. The number of piperazine rings is 1. The lowest BCUT2D eigenvalue weighted by Crippen LogP contribution is -2.43. The molecule has 3 aromatic carbocycles. The number of amides is 1. The number of benzene rings is 3. The first-order valence-corrected chi connectivity index (χ1v) is 11.6. The summed E-state index contributed by atoms with van der Waals surface area (Å²) in [5, 5.41) is 9.37. The first-order valence-electron chi connectivity index (χ1n) is 11.6. The predicted molar refractivity (Wildman–Crippen MR) is 126 cm³/mol. The molecule has 3 aromatic rings. The molecule has 1 aliphatic heterocycles. The summed E-state index contributed by atoms with van der Waals surface area (Å²) in [6, 6.07) is 21.5. The molecule has 4 nitrogen and oxygen atoms in total. The minimum Gasteiger partial charge on any atom is -0.369 e. The molecule has 0 atom stereocenters. The smallest absolute Gasteiger partial charge is 0.252 e. The summed E-state index contributed by atoms with van der Waals surface area (Å²) < 4.78 is 0. The summed E-state index contributed by atoms with van der Waals surface area (Å²) in [6.45, 7) is 3.97. The lowest BCUT2D eigenvalue weighted by molar-refractivity contribution is 0.0930. The number of hydrogen-bond acceptors (Lipinski definition) is 3. The standard InChI is InChI=1S/C27H29N3O/c31-26(29-27(12-13-27)25-7-3-5-19-4-1-2-6-23(19)25)24-18-21(30-16-14-28-15-17-30)10-11-22(24)20-8-9-20/h1-7,10-11,18,20,28H,8-9,12-17H2,(H,29,31). The van der Waals surface area contributed by atoms with Crippen molar-refractivity contribution in [3.8, 4) is 0 Å². The molecule has 3 fully saturated rings. The Labute approximate surface area is 183 Å². The summed E-state index contributed by atoms with van der Waals surface area (Å²) in [5.41, 5.74) is 4.30.